The molecule has 0 atom stereocenters. The Balaban J connectivity index is 1.96. The third kappa shape index (κ3) is 3.16. The highest BCUT2D eigenvalue weighted by Gasteiger charge is 2.42. The van der Waals surface area contributed by atoms with E-state index in [0.29, 0.717) is 31.1 Å². The lowest BCUT2D eigenvalue weighted by Crippen LogP contribution is -2.45. The fraction of sp³-hybridized carbons (Fsp3) is 0.294. The van der Waals surface area contributed by atoms with E-state index in [0.717, 1.165) is 5.56 Å². The Labute approximate surface area is 139 Å². The van der Waals surface area contributed by atoms with Gasteiger partial charge in [0.25, 0.3) is 0 Å². The van der Waals surface area contributed by atoms with Crippen LogP contribution in [0.5, 0.6) is 5.75 Å². The molecule has 0 radical (unpaired) electrons. The standard InChI is InChI=1S/C17H17ClN2O3/c18-13-4-1-3-12(11-13)17(6-9-23-10-7-17)16(22)20-15-14(21)5-2-8-19-15/h1-5,8,11,21H,6-7,9-10H2,(H,19,20,22). The average molecular weight is 333 g/mol. The Morgan fingerprint density at radius 1 is 1.26 bits per heavy atom. The number of amides is 1. The Morgan fingerprint density at radius 3 is 2.74 bits per heavy atom. The lowest BCUT2D eigenvalue weighted by molar-refractivity contribution is -0.125. The Kier molecular flexibility index (Phi) is 4.50. The number of carbonyl (C=O) groups is 1. The zero-order chi connectivity index (χ0) is 16.3. The second kappa shape index (κ2) is 6.56. The van der Waals surface area contributed by atoms with Gasteiger partial charge in [0.2, 0.25) is 5.91 Å². The molecule has 0 saturated carbocycles. The molecule has 2 heterocycles. The van der Waals surface area contributed by atoms with Crippen LogP contribution in [0.25, 0.3) is 0 Å². The van der Waals surface area contributed by atoms with E-state index in [1.165, 1.54) is 12.3 Å². The molecule has 1 aliphatic heterocycles. The summed E-state index contributed by atoms with van der Waals surface area (Å²) >= 11 is 6.10. The van der Waals surface area contributed by atoms with E-state index in [2.05, 4.69) is 10.3 Å². The minimum Gasteiger partial charge on any atom is -0.504 e. The molecule has 0 bridgehead atoms. The molecule has 1 aromatic carbocycles. The molecule has 1 aliphatic rings. The van der Waals surface area contributed by atoms with Crippen molar-refractivity contribution in [2.75, 3.05) is 18.5 Å². The molecule has 1 aromatic heterocycles. The highest BCUT2D eigenvalue weighted by Crippen LogP contribution is 2.37. The first-order chi connectivity index (χ1) is 11.1. The van der Waals surface area contributed by atoms with Crippen LogP contribution in [0.3, 0.4) is 0 Å². The van der Waals surface area contributed by atoms with Crippen molar-refractivity contribution in [2.45, 2.75) is 18.3 Å². The van der Waals surface area contributed by atoms with E-state index in [4.69, 9.17) is 16.3 Å². The molecule has 1 saturated heterocycles. The predicted molar refractivity (Wildman–Crippen MR) is 87.7 cm³/mol. The first-order valence-electron chi connectivity index (χ1n) is 7.41. The van der Waals surface area contributed by atoms with Crippen molar-refractivity contribution < 1.29 is 14.6 Å². The van der Waals surface area contributed by atoms with Crippen LogP contribution in [0, 0.1) is 0 Å². The highest BCUT2D eigenvalue weighted by molar-refractivity contribution is 6.30. The van der Waals surface area contributed by atoms with Crippen molar-refractivity contribution in [3.63, 3.8) is 0 Å². The number of nitrogens with one attached hydrogen (secondary N) is 1. The zero-order valence-corrected chi connectivity index (χ0v) is 13.2. The summed E-state index contributed by atoms with van der Waals surface area (Å²) in [5.41, 5.74) is 0.105. The number of pyridine rings is 1. The van der Waals surface area contributed by atoms with Crippen LogP contribution in [-0.4, -0.2) is 29.2 Å². The monoisotopic (exact) mass is 332 g/mol. The zero-order valence-electron chi connectivity index (χ0n) is 12.5. The average Bonchev–Trinajstić information content (AvgIpc) is 2.57. The molecule has 0 aliphatic carbocycles. The molecular formula is C17H17ClN2O3. The smallest absolute Gasteiger partial charge is 0.236 e. The molecule has 3 rings (SSSR count). The molecular weight excluding hydrogens is 316 g/mol. The summed E-state index contributed by atoms with van der Waals surface area (Å²) in [5, 5.41) is 13.2. The molecule has 6 heteroatoms. The first-order valence-corrected chi connectivity index (χ1v) is 7.79. The van der Waals surface area contributed by atoms with Crippen molar-refractivity contribution in [2.24, 2.45) is 0 Å². The van der Waals surface area contributed by atoms with Crippen LogP contribution in [0.4, 0.5) is 5.82 Å². The number of rotatable bonds is 3. The van der Waals surface area contributed by atoms with Crippen LogP contribution in [0.15, 0.2) is 42.6 Å². The molecule has 23 heavy (non-hydrogen) atoms. The fourth-order valence-corrected chi connectivity index (χ4v) is 3.06. The molecule has 2 aromatic rings. The topological polar surface area (TPSA) is 71.5 Å². The number of halogens is 1. The SMILES string of the molecule is O=C(Nc1ncccc1O)C1(c2cccc(Cl)c2)CCOCC1. The normalized spacial score (nSPS) is 16.7. The van der Waals surface area contributed by atoms with Crippen molar-refractivity contribution >= 4 is 23.3 Å². The van der Waals surface area contributed by atoms with Gasteiger partial charge in [0.05, 0.1) is 5.41 Å². The number of aromatic hydroxyl groups is 1. The van der Waals surface area contributed by atoms with Gasteiger partial charge in [-0.3, -0.25) is 4.79 Å². The van der Waals surface area contributed by atoms with Crippen molar-refractivity contribution in [1.82, 2.24) is 4.98 Å². The number of ether oxygens (including phenoxy) is 1. The number of carbonyl (C=O) groups excluding carboxylic acids is 1. The fourth-order valence-electron chi connectivity index (χ4n) is 2.87. The van der Waals surface area contributed by atoms with E-state index < -0.39 is 5.41 Å². The number of benzene rings is 1. The summed E-state index contributed by atoms with van der Waals surface area (Å²) in [6.07, 6.45) is 2.62. The van der Waals surface area contributed by atoms with Gasteiger partial charge in [0.15, 0.2) is 11.6 Å². The molecule has 0 unspecified atom stereocenters. The van der Waals surface area contributed by atoms with E-state index >= 15 is 0 Å². The van der Waals surface area contributed by atoms with Gasteiger partial charge in [0, 0.05) is 24.4 Å². The first kappa shape index (κ1) is 15.8. The van der Waals surface area contributed by atoms with Gasteiger partial charge in [-0.05, 0) is 42.7 Å². The number of hydrogen-bond acceptors (Lipinski definition) is 4. The molecule has 120 valence electrons. The molecule has 1 fully saturated rings. The Bertz CT molecular complexity index is 714. The summed E-state index contributed by atoms with van der Waals surface area (Å²) < 4.78 is 5.42. The van der Waals surface area contributed by atoms with Crippen LogP contribution >= 0.6 is 11.6 Å². The summed E-state index contributed by atoms with van der Waals surface area (Å²) in [6, 6.07) is 10.4. The molecule has 2 N–H and O–H groups in total. The summed E-state index contributed by atoms with van der Waals surface area (Å²) in [7, 11) is 0. The predicted octanol–water partition coefficient (Wildman–Crippen LogP) is 3.13. The van der Waals surface area contributed by atoms with Crippen molar-refractivity contribution in [1.29, 1.82) is 0 Å². The van der Waals surface area contributed by atoms with Crippen LogP contribution in [0.2, 0.25) is 5.02 Å². The second-order valence-electron chi connectivity index (χ2n) is 5.53. The number of anilines is 1. The lowest BCUT2D eigenvalue weighted by Gasteiger charge is -2.36. The number of aromatic nitrogens is 1. The lowest BCUT2D eigenvalue weighted by atomic mass is 9.73. The summed E-state index contributed by atoms with van der Waals surface area (Å²) in [6.45, 7) is 0.988. The van der Waals surface area contributed by atoms with Gasteiger partial charge in [0.1, 0.15) is 0 Å². The minimum absolute atomic E-state index is 0.0610. The Morgan fingerprint density at radius 2 is 2.04 bits per heavy atom. The number of hydrogen-bond donors (Lipinski definition) is 2. The van der Waals surface area contributed by atoms with Gasteiger partial charge in [-0.1, -0.05) is 23.7 Å². The maximum absolute atomic E-state index is 13.0. The molecule has 5 nitrogen and oxygen atoms in total. The summed E-state index contributed by atoms with van der Waals surface area (Å²) in [4.78, 5) is 17.0. The van der Waals surface area contributed by atoms with E-state index in [-0.39, 0.29) is 17.5 Å². The van der Waals surface area contributed by atoms with Gasteiger partial charge < -0.3 is 15.2 Å². The van der Waals surface area contributed by atoms with Crippen molar-refractivity contribution in [3.05, 3.63) is 53.2 Å². The largest absolute Gasteiger partial charge is 0.504 e. The van der Waals surface area contributed by atoms with Crippen LogP contribution < -0.4 is 5.32 Å². The van der Waals surface area contributed by atoms with Gasteiger partial charge in [-0.15, -0.1) is 0 Å². The quantitative estimate of drug-likeness (QED) is 0.905. The third-order valence-electron chi connectivity index (χ3n) is 4.18. The Hall–Kier alpha value is -2.11. The van der Waals surface area contributed by atoms with Gasteiger partial charge in [-0.2, -0.15) is 0 Å². The molecule has 1 amide bonds. The minimum atomic E-state index is -0.743. The van der Waals surface area contributed by atoms with E-state index in [1.807, 2.05) is 18.2 Å². The van der Waals surface area contributed by atoms with E-state index in [1.54, 1.807) is 12.1 Å². The van der Waals surface area contributed by atoms with Crippen molar-refractivity contribution in [3.8, 4) is 5.75 Å². The van der Waals surface area contributed by atoms with Gasteiger partial charge in [-0.25, -0.2) is 4.98 Å². The number of nitrogens with zero attached hydrogens (tertiary/aromatic N) is 1. The second-order valence-corrected chi connectivity index (χ2v) is 5.97. The highest BCUT2D eigenvalue weighted by atomic mass is 35.5. The van der Waals surface area contributed by atoms with E-state index in [9.17, 15) is 9.90 Å². The third-order valence-corrected chi connectivity index (χ3v) is 4.41. The van der Waals surface area contributed by atoms with Gasteiger partial charge >= 0.3 is 0 Å². The van der Waals surface area contributed by atoms with Crippen LogP contribution in [-0.2, 0) is 14.9 Å². The molecule has 0 spiro atoms. The summed E-state index contributed by atoms with van der Waals surface area (Å²) in [5.74, 6) is -0.114. The maximum atomic E-state index is 13.0. The maximum Gasteiger partial charge on any atom is 0.236 e. The van der Waals surface area contributed by atoms with Crippen LogP contribution in [0.1, 0.15) is 18.4 Å².